The first-order valence-corrected chi connectivity index (χ1v) is 6.07. The Morgan fingerprint density at radius 3 is 2.42 bits per heavy atom. The number of carbonyl (C=O) groups excluding carboxylic acids is 1. The van der Waals surface area contributed by atoms with Gasteiger partial charge in [-0.1, -0.05) is 0 Å². The van der Waals surface area contributed by atoms with Crippen LogP contribution in [0.15, 0.2) is 12.1 Å². The zero-order chi connectivity index (χ0) is 14.0. The number of nitrogens with one attached hydrogen (secondary N) is 2. The predicted octanol–water partition coefficient (Wildman–Crippen LogP) is 2.42. The maximum atomic E-state index is 13.5. The molecule has 1 amide bonds. The second-order valence-corrected chi connectivity index (χ2v) is 4.42. The quantitative estimate of drug-likeness (QED) is 0.908. The van der Waals surface area contributed by atoms with Gasteiger partial charge in [-0.15, -0.1) is 0 Å². The van der Waals surface area contributed by atoms with Crippen molar-refractivity contribution in [3.05, 3.63) is 35.2 Å². The summed E-state index contributed by atoms with van der Waals surface area (Å²) in [6, 6.07) is 1.91. The number of benzene rings is 1. The van der Waals surface area contributed by atoms with Gasteiger partial charge in [-0.25, -0.2) is 13.8 Å². The summed E-state index contributed by atoms with van der Waals surface area (Å²) in [5, 5.41) is 5.08. The smallest absolute Gasteiger partial charge is 0.257 e. The summed E-state index contributed by atoms with van der Waals surface area (Å²) in [5.41, 5.74) is -0.398. The van der Waals surface area contributed by atoms with Crippen molar-refractivity contribution in [3.8, 4) is 0 Å². The number of aryl methyl sites for hydroxylation is 1. The number of carbonyl (C=O) groups is 1. The lowest BCUT2D eigenvalue weighted by atomic mass is 10.1. The fourth-order valence-corrected chi connectivity index (χ4v) is 2.03. The molecule has 2 N–H and O–H groups in total. The third-order valence-corrected chi connectivity index (χ3v) is 3.02. The molecule has 1 aromatic carbocycles. The molecular formula is C11H10F2N4OS. The van der Waals surface area contributed by atoms with Gasteiger partial charge in [-0.05, 0) is 19.1 Å². The number of hydrogen-bond acceptors (Lipinski definition) is 5. The molecule has 0 aliphatic heterocycles. The molecule has 0 saturated heterocycles. The second kappa shape index (κ2) is 5.27. The van der Waals surface area contributed by atoms with Crippen LogP contribution in [-0.4, -0.2) is 22.3 Å². The van der Waals surface area contributed by atoms with Crippen molar-refractivity contribution in [1.82, 2.24) is 9.36 Å². The van der Waals surface area contributed by atoms with E-state index >= 15 is 0 Å². The summed E-state index contributed by atoms with van der Waals surface area (Å²) in [5.74, 6) is -1.79. The molecule has 0 saturated carbocycles. The second-order valence-electron chi connectivity index (χ2n) is 3.67. The summed E-state index contributed by atoms with van der Waals surface area (Å²) in [6.45, 7) is 1.67. The summed E-state index contributed by atoms with van der Waals surface area (Å²) in [4.78, 5) is 15.7. The molecule has 1 aromatic heterocycles. The Kier molecular flexibility index (Phi) is 3.70. The monoisotopic (exact) mass is 284 g/mol. The molecule has 0 aliphatic carbocycles. The molecule has 1 heterocycles. The first-order valence-electron chi connectivity index (χ1n) is 5.29. The topological polar surface area (TPSA) is 66.9 Å². The third-order valence-electron chi connectivity index (χ3n) is 2.30. The SMILES string of the molecule is CNc1c(F)cc(C(=O)Nc2nc(C)ns2)cc1F. The van der Waals surface area contributed by atoms with Gasteiger partial charge < -0.3 is 5.32 Å². The van der Waals surface area contributed by atoms with Gasteiger partial charge in [0.25, 0.3) is 5.91 Å². The Morgan fingerprint density at radius 2 is 1.95 bits per heavy atom. The van der Waals surface area contributed by atoms with E-state index in [1.54, 1.807) is 6.92 Å². The van der Waals surface area contributed by atoms with Gasteiger partial charge in [-0.2, -0.15) is 4.37 Å². The number of rotatable bonds is 3. The zero-order valence-corrected chi connectivity index (χ0v) is 10.9. The van der Waals surface area contributed by atoms with E-state index in [4.69, 9.17) is 0 Å². The van der Waals surface area contributed by atoms with Gasteiger partial charge >= 0.3 is 0 Å². The molecule has 100 valence electrons. The van der Waals surface area contributed by atoms with E-state index < -0.39 is 17.5 Å². The molecule has 0 atom stereocenters. The van der Waals surface area contributed by atoms with Gasteiger partial charge in [0, 0.05) is 24.1 Å². The molecule has 0 radical (unpaired) electrons. The molecule has 2 rings (SSSR count). The normalized spacial score (nSPS) is 10.3. The van der Waals surface area contributed by atoms with Crippen molar-refractivity contribution in [2.75, 3.05) is 17.7 Å². The van der Waals surface area contributed by atoms with Crippen molar-refractivity contribution in [2.45, 2.75) is 6.92 Å². The van der Waals surface area contributed by atoms with E-state index in [2.05, 4.69) is 20.0 Å². The van der Waals surface area contributed by atoms with Gasteiger partial charge in [0.1, 0.15) is 23.1 Å². The minimum absolute atomic E-state index is 0.123. The molecule has 8 heteroatoms. The van der Waals surface area contributed by atoms with E-state index in [-0.39, 0.29) is 16.4 Å². The van der Waals surface area contributed by atoms with Crippen LogP contribution in [0.2, 0.25) is 0 Å². The van der Waals surface area contributed by atoms with Crippen molar-refractivity contribution >= 4 is 28.3 Å². The van der Waals surface area contributed by atoms with Crippen molar-refractivity contribution in [2.24, 2.45) is 0 Å². The van der Waals surface area contributed by atoms with Crippen molar-refractivity contribution < 1.29 is 13.6 Å². The first-order chi connectivity index (χ1) is 9.01. The zero-order valence-electron chi connectivity index (χ0n) is 10.1. The lowest BCUT2D eigenvalue weighted by molar-refractivity contribution is 0.102. The van der Waals surface area contributed by atoms with Crippen LogP contribution in [-0.2, 0) is 0 Å². The third kappa shape index (κ3) is 2.84. The average molecular weight is 284 g/mol. The highest BCUT2D eigenvalue weighted by Gasteiger charge is 2.15. The fourth-order valence-electron chi connectivity index (χ4n) is 1.46. The molecule has 0 spiro atoms. The highest BCUT2D eigenvalue weighted by atomic mass is 32.1. The highest BCUT2D eigenvalue weighted by molar-refractivity contribution is 7.09. The number of hydrogen-bond donors (Lipinski definition) is 2. The van der Waals surface area contributed by atoms with Crippen molar-refractivity contribution in [1.29, 1.82) is 0 Å². The van der Waals surface area contributed by atoms with E-state index in [1.807, 2.05) is 0 Å². The van der Waals surface area contributed by atoms with Crippen LogP contribution in [0.4, 0.5) is 19.6 Å². The van der Waals surface area contributed by atoms with Crippen LogP contribution in [0.1, 0.15) is 16.2 Å². The fraction of sp³-hybridized carbons (Fsp3) is 0.182. The summed E-state index contributed by atoms with van der Waals surface area (Å²) < 4.78 is 30.9. The summed E-state index contributed by atoms with van der Waals surface area (Å²) in [6.07, 6.45) is 0. The standard InChI is InChI=1S/C11H10F2N4OS/c1-5-15-11(19-17-5)16-10(18)6-3-7(12)9(14-2)8(13)4-6/h3-4,14H,1-2H3,(H,15,16,17,18). The van der Waals surface area contributed by atoms with Crippen LogP contribution >= 0.6 is 11.5 Å². The molecule has 0 fully saturated rings. The van der Waals surface area contributed by atoms with Crippen LogP contribution in [0.25, 0.3) is 0 Å². The van der Waals surface area contributed by atoms with Crippen LogP contribution < -0.4 is 10.6 Å². The van der Waals surface area contributed by atoms with Crippen LogP contribution in [0.3, 0.4) is 0 Å². The number of nitrogens with zero attached hydrogens (tertiary/aromatic N) is 2. The van der Waals surface area contributed by atoms with Crippen LogP contribution in [0, 0.1) is 18.6 Å². The maximum absolute atomic E-state index is 13.5. The Hall–Kier alpha value is -2.09. The largest absolute Gasteiger partial charge is 0.383 e. The maximum Gasteiger partial charge on any atom is 0.257 e. The Morgan fingerprint density at radius 1 is 1.32 bits per heavy atom. The lowest BCUT2D eigenvalue weighted by Gasteiger charge is -2.07. The van der Waals surface area contributed by atoms with E-state index in [9.17, 15) is 13.6 Å². The van der Waals surface area contributed by atoms with E-state index in [0.29, 0.717) is 5.82 Å². The van der Waals surface area contributed by atoms with Gasteiger partial charge in [0.05, 0.1) is 0 Å². The molecular weight excluding hydrogens is 274 g/mol. The highest BCUT2D eigenvalue weighted by Crippen LogP contribution is 2.21. The molecule has 0 aliphatic rings. The Bertz CT molecular complexity index is 606. The summed E-state index contributed by atoms with van der Waals surface area (Å²) in [7, 11) is 1.39. The Labute approximate surface area is 111 Å². The number of amides is 1. The Balaban J connectivity index is 2.24. The van der Waals surface area contributed by atoms with Gasteiger partial charge in [0.2, 0.25) is 5.13 Å². The van der Waals surface area contributed by atoms with E-state index in [1.165, 1.54) is 7.05 Å². The van der Waals surface area contributed by atoms with Gasteiger partial charge in [-0.3, -0.25) is 10.1 Å². The number of halogens is 2. The molecule has 0 bridgehead atoms. The molecule has 0 unspecified atom stereocenters. The van der Waals surface area contributed by atoms with Crippen LogP contribution in [0.5, 0.6) is 0 Å². The summed E-state index contributed by atoms with van der Waals surface area (Å²) >= 11 is 0.996. The molecule has 19 heavy (non-hydrogen) atoms. The number of aromatic nitrogens is 2. The van der Waals surface area contributed by atoms with Crippen molar-refractivity contribution in [3.63, 3.8) is 0 Å². The first kappa shape index (κ1) is 13.3. The average Bonchev–Trinajstić information content (AvgIpc) is 2.74. The molecule has 5 nitrogen and oxygen atoms in total. The minimum atomic E-state index is -0.832. The minimum Gasteiger partial charge on any atom is -0.383 e. The predicted molar refractivity (Wildman–Crippen MR) is 68.5 cm³/mol. The lowest BCUT2D eigenvalue weighted by Crippen LogP contribution is -2.13. The van der Waals surface area contributed by atoms with Gasteiger partial charge in [0.15, 0.2) is 0 Å². The molecule has 2 aromatic rings. The number of anilines is 2. The van der Waals surface area contributed by atoms with E-state index in [0.717, 1.165) is 23.7 Å².